The Bertz CT molecular complexity index is 616. The van der Waals surface area contributed by atoms with Crippen molar-refractivity contribution in [2.24, 2.45) is 0 Å². The van der Waals surface area contributed by atoms with Gasteiger partial charge < -0.3 is 15.1 Å². The Morgan fingerprint density at radius 1 is 1.24 bits per heavy atom. The van der Waals surface area contributed by atoms with Gasteiger partial charge in [0, 0.05) is 11.6 Å². The van der Waals surface area contributed by atoms with Crippen molar-refractivity contribution in [3.8, 4) is 0 Å². The number of benzene rings is 1. The van der Waals surface area contributed by atoms with E-state index in [0.29, 0.717) is 18.5 Å². The highest BCUT2D eigenvalue weighted by molar-refractivity contribution is 6.33. The molecule has 0 spiro atoms. The van der Waals surface area contributed by atoms with E-state index < -0.39 is 11.6 Å². The van der Waals surface area contributed by atoms with Crippen molar-refractivity contribution < 1.29 is 13.2 Å². The van der Waals surface area contributed by atoms with Crippen molar-refractivity contribution >= 4 is 23.3 Å². The van der Waals surface area contributed by atoms with Gasteiger partial charge in [-0.25, -0.2) is 8.78 Å². The molecule has 0 aliphatic heterocycles. The Balaban J connectivity index is 2.10. The molecule has 1 heterocycles. The fraction of sp³-hybridized carbons (Fsp3) is 0.385. The van der Waals surface area contributed by atoms with Crippen LogP contribution in [0.5, 0.6) is 0 Å². The van der Waals surface area contributed by atoms with Crippen molar-refractivity contribution in [3.63, 3.8) is 0 Å². The van der Waals surface area contributed by atoms with Gasteiger partial charge in [-0.1, -0.05) is 16.7 Å². The number of nitrogens with one attached hydrogen (secondary N) is 2. The van der Waals surface area contributed by atoms with Gasteiger partial charge in [0.25, 0.3) is 0 Å². The van der Waals surface area contributed by atoms with Gasteiger partial charge in [-0.05, 0) is 26.8 Å². The zero-order valence-corrected chi connectivity index (χ0v) is 12.6. The predicted octanol–water partition coefficient (Wildman–Crippen LogP) is 3.63. The van der Waals surface area contributed by atoms with Gasteiger partial charge in [0.05, 0.1) is 17.3 Å². The number of anilines is 2. The van der Waals surface area contributed by atoms with E-state index in [9.17, 15) is 8.78 Å². The fourth-order valence-electron chi connectivity index (χ4n) is 1.48. The van der Waals surface area contributed by atoms with Crippen LogP contribution in [0.3, 0.4) is 0 Å². The number of nitrogens with zero attached hydrogens (tertiary/aromatic N) is 2. The lowest BCUT2D eigenvalue weighted by Gasteiger charge is -2.18. The van der Waals surface area contributed by atoms with E-state index in [1.807, 2.05) is 20.8 Å². The summed E-state index contributed by atoms with van der Waals surface area (Å²) in [4.78, 5) is 0. The smallest absolute Gasteiger partial charge is 0.320 e. The molecule has 0 aliphatic rings. The van der Waals surface area contributed by atoms with Crippen LogP contribution in [0, 0.1) is 11.6 Å². The predicted molar refractivity (Wildman–Crippen MR) is 75.5 cm³/mol. The molecule has 2 N–H and O–H groups in total. The summed E-state index contributed by atoms with van der Waals surface area (Å²) in [7, 11) is 0. The highest BCUT2D eigenvalue weighted by Gasteiger charge is 2.15. The van der Waals surface area contributed by atoms with Gasteiger partial charge >= 0.3 is 6.01 Å². The van der Waals surface area contributed by atoms with Gasteiger partial charge in [-0.15, -0.1) is 5.10 Å². The Morgan fingerprint density at radius 2 is 1.95 bits per heavy atom. The van der Waals surface area contributed by atoms with Crippen molar-refractivity contribution in [1.29, 1.82) is 0 Å². The van der Waals surface area contributed by atoms with Gasteiger partial charge in [0.1, 0.15) is 5.82 Å². The molecule has 0 bridgehead atoms. The third kappa shape index (κ3) is 4.37. The van der Waals surface area contributed by atoms with Gasteiger partial charge in [-0.3, -0.25) is 0 Å². The first-order valence-electron chi connectivity index (χ1n) is 6.23. The minimum absolute atomic E-state index is 0.0203. The Hall–Kier alpha value is -1.73. The van der Waals surface area contributed by atoms with Crippen LogP contribution in [-0.2, 0) is 6.54 Å². The summed E-state index contributed by atoms with van der Waals surface area (Å²) in [6.07, 6.45) is 0. The standard InChI is InChI=1S/C13H15ClF2N4O/c1-13(2,3)17-6-10-19-20-12(21-10)18-11-8(14)4-7(15)5-9(11)16/h4-5,17H,6H2,1-3H3,(H,18,20). The fourth-order valence-corrected chi connectivity index (χ4v) is 1.73. The second-order valence-electron chi connectivity index (χ2n) is 5.47. The van der Waals surface area contributed by atoms with Crippen LogP contribution < -0.4 is 10.6 Å². The first-order chi connectivity index (χ1) is 9.74. The summed E-state index contributed by atoms with van der Waals surface area (Å²) in [6, 6.07) is 1.69. The second kappa shape index (κ2) is 5.95. The topological polar surface area (TPSA) is 63.0 Å². The molecule has 1 aromatic heterocycles. The van der Waals surface area contributed by atoms with E-state index in [0.717, 1.165) is 6.07 Å². The largest absolute Gasteiger partial charge is 0.406 e. The molecule has 0 fully saturated rings. The highest BCUT2D eigenvalue weighted by atomic mass is 35.5. The number of hydrogen-bond donors (Lipinski definition) is 2. The molecule has 114 valence electrons. The summed E-state index contributed by atoms with van der Waals surface area (Å²) in [5.41, 5.74) is -0.217. The highest BCUT2D eigenvalue weighted by Crippen LogP contribution is 2.28. The summed E-state index contributed by atoms with van der Waals surface area (Å²) in [5.74, 6) is -1.26. The molecule has 2 rings (SSSR count). The number of hydrogen-bond acceptors (Lipinski definition) is 5. The van der Waals surface area contributed by atoms with Gasteiger partial charge in [0.2, 0.25) is 5.89 Å². The van der Waals surface area contributed by atoms with Crippen molar-refractivity contribution in [2.75, 3.05) is 5.32 Å². The Labute approximate surface area is 125 Å². The van der Waals surface area contributed by atoms with Crippen LogP contribution in [0.2, 0.25) is 5.02 Å². The van der Waals surface area contributed by atoms with Gasteiger partial charge in [0.15, 0.2) is 5.82 Å². The Morgan fingerprint density at radius 3 is 2.57 bits per heavy atom. The molecular formula is C13H15ClF2N4O. The molecule has 0 aliphatic carbocycles. The van der Waals surface area contributed by atoms with Crippen LogP contribution in [0.4, 0.5) is 20.5 Å². The zero-order valence-electron chi connectivity index (χ0n) is 11.8. The molecule has 2 aromatic rings. The molecule has 1 aromatic carbocycles. The maximum atomic E-state index is 13.6. The number of halogens is 3. The van der Waals surface area contributed by atoms with Gasteiger partial charge in [-0.2, -0.15) is 0 Å². The molecule has 0 atom stereocenters. The molecule has 21 heavy (non-hydrogen) atoms. The third-order valence-electron chi connectivity index (χ3n) is 2.48. The number of aromatic nitrogens is 2. The maximum absolute atomic E-state index is 13.6. The van der Waals surface area contributed by atoms with E-state index in [-0.39, 0.29) is 22.3 Å². The molecule has 5 nitrogen and oxygen atoms in total. The normalized spacial score (nSPS) is 11.7. The monoisotopic (exact) mass is 316 g/mol. The number of rotatable bonds is 4. The maximum Gasteiger partial charge on any atom is 0.320 e. The summed E-state index contributed by atoms with van der Waals surface area (Å²) in [5, 5.41) is 13.1. The lowest BCUT2D eigenvalue weighted by atomic mass is 10.1. The SMILES string of the molecule is CC(C)(C)NCc1nnc(Nc2c(F)cc(F)cc2Cl)o1. The average Bonchev–Trinajstić information content (AvgIpc) is 2.78. The van der Waals surface area contributed by atoms with Crippen molar-refractivity contribution in [3.05, 3.63) is 34.7 Å². The average molecular weight is 317 g/mol. The summed E-state index contributed by atoms with van der Waals surface area (Å²) >= 11 is 5.77. The molecular weight excluding hydrogens is 302 g/mol. The molecule has 0 saturated carbocycles. The van der Waals surface area contributed by atoms with Crippen LogP contribution >= 0.6 is 11.6 Å². The van der Waals surface area contributed by atoms with Crippen LogP contribution in [0.15, 0.2) is 16.5 Å². The molecule has 8 heteroatoms. The minimum atomic E-state index is -0.840. The van der Waals surface area contributed by atoms with Crippen LogP contribution in [0.25, 0.3) is 0 Å². The van der Waals surface area contributed by atoms with Crippen LogP contribution in [0.1, 0.15) is 26.7 Å². The van der Waals surface area contributed by atoms with Crippen LogP contribution in [-0.4, -0.2) is 15.7 Å². The molecule has 0 amide bonds. The molecule has 0 radical (unpaired) electrons. The summed E-state index contributed by atoms with van der Waals surface area (Å²) < 4.78 is 31.9. The quantitative estimate of drug-likeness (QED) is 0.901. The van der Waals surface area contributed by atoms with E-state index in [2.05, 4.69) is 20.8 Å². The molecule has 0 saturated heterocycles. The minimum Gasteiger partial charge on any atom is -0.406 e. The van der Waals surface area contributed by atoms with Crippen molar-refractivity contribution in [1.82, 2.24) is 15.5 Å². The second-order valence-corrected chi connectivity index (χ2v) is 5.88. The van der Waals surface area contributed by atoms with E-state index in [1.165, 1.54) is 0 Å². The zero-order chi connectivity index (χ0) is 15.6. The van der Waals surface area contributed by atoms with Crippen molar-refractivity contribution in [2.45, 2.75) is 32.9 Å². The Kier molecular flexibility index (Phi) is 4.43. The first kappa shape index (κ1) is 15.7. The lowest BCUT2D eigenvalue weighted by molar-refractivity contribution is 0.384. The first-order valence-corrected chi connectivity index (χ1v) is 6.61. The van der Waals surface area contributed by atoms with E-state index in [1.54, 1.807) is 0 Å². The van der Waals surface area contributed by atoms with E-state index in [4.69, 9.17) is 16.0 Å². The third-order valence-corrected chi connectivity index (χ3v) is 2.77. The lowest BCUT2D eigenvalue weighted by Crippen LogP contribution is -2.35. The molecule has 0 unspecified atom stereocenters. The van der Waals surface area contributed by atoms with E-state index >= 15 is 0 Å². The summed E-state index contributed by atoms with van der Waals surface area (Å²) in [6.45, 7) is 6.36.